The van der Waals surface area contributed by atoms with Gasteiger partial charge in [0, 0.05) is 42.0 Å². The van der Waals surface area contributed by atoms with Crippen LogP contribution in [0.2, 0.25) is 0 Å². The van der Waals surface area contributed by atoms with Gasteiger partial charge < -0.3 is 62.6 Å². The van der Waals surface area contributed by atoms with Gasteiger partial charge >= 0.3 is 130 Å². The van der Waals surface area contributed by atoms with E-state index in [0.29, 0.717) is 58.8 Å². The Labute approximate surface area is 459 Å². The third-order valence-corrected chi connectivity index (χ3v) is 12.9. The quantitative estimate of drug-likeness (QED) is 0.0299. The van der Waals surface area contributed by atoms with Gasteiger partial charge in [0.15, 0.2) is 17.7 Å². The number of aliphatic hydroxyl groups excluding tert-OH is 1. The van der Waals surface area contributed by atoms with E-state index in [1.807, 2.05) is 23.2 Å². The molecule has 0 amide bonds. The summed E-state index contributed by atoms with van der Waals surface area (Å²) < 4.78 is 75.4. The number of phenolic OH excluding ortho intramolecular Hbond substituents is 1. The first-order valence-electron chi connectivity index (χ1n) is 18.4. The van der Waals surface area contributed by atoms with E-state index in [4.69, 9.17) is 23.7 Å². The van der Waals surface area contributed by atoms with E-state index in [2.05, 4.69) is 13.1 Å². The first-order chi connectivity index (χ1) is 28.9. The smallest absolute Gasteiger partial charge is 0.790 e. The van der Waals surface area contributed by atoms with Crippen molar-refractivity contribution >= 4 is 29.4 Å². The van der Waals surface area contributed by atoms with Crippen molar-refractivity contribution < 1.29 is 203 Å². The molecule has 0 aliphatic carbocycles. The molecule has 4 aromatic rings. The summed E-state index contributed by atoms with van der Waals surface area (Å²) in [6.07, 6.45) is -3.89. The van der Waals surface area contributed by atoms with Gasteiger partial charge in [-0.25, -0.2) is 13.9 Å². The monoisotopic (exact) mass is 1000 g/mol. The first-order valence-corrected chi connectivity index (χ1v) is 22.7. The predicted molar refractivity (Wildman–Crippen MR) is 199 cm³/mol. The van der Waals surface area contributed by atoms with Crippen molar-refractivity contribution in [3.8, 4) is 23.0 Å². The number of unbranched alkanes of at least 4 members (excludes halogenated alkanes) is 2. The van der Waals surface area contributed by atoms with E-state index in [1.165, 1.54) is 12.1 Å². The fourth-order valence-corrected chi connectivity index (χ4v) is 9.57. The van der Waals surface area contributed by atoms with E-state index >= 15 is 0 Å². The zero-order chi connectivity index (χ0) is 44.1. The number of aromatic hydroxyl groups is 1. The number of ether oxygens (including phenoxy) is 5. The van der Waals surface area contributed by atoms with Gasteiger partial charge in [0.25, 0.3) is 21.2 Å². The predicted octanol–water partition coefficient (Wildman–Crippen LogP) is -10.6. The Morgan fingerprint density at radius 1 is 0.846 bits per heavy atom. The van der Waals surface area contributed by atoms with Gasteiger partial charge in [-0.1, -0.05) is 36.4 Å². The largest absolute Gasteiger partial charge is 1.00 e. The van der Waals surface area contributed by atoms with Crippen molar-refractivity contribution in [1.29, 1.82) is 0 Å². The van der Waals surface area contributed by atoms with Crippen LogP contribution in [0.1, 0.15) is 65.4 Å². The molecule has 3 N–H and O–H groups in total. The SMILES string of the molecule is CCOC(=O)c1ccccc1C1c2ccc(O)cc2Oc2c(OCCCCCO[C@@H]3[C@H](O)[C@@H](COP(=O)([O-])OP(=O)([O-])OP(=O)([O-])[O-])O[C@H]3n3ccc(=O)[nH]c3=O)cccc21.[Na+].[Na+].[Na+].[Na+]. The fraction of sp³-hybridized carbons (Fsp3) is 0.361. The van der Waals surface area contributed by atoms with Crippen LogP contribution < -0.4 is 159 Å². The van der Waals surface area contributed by atoms with Gasteiger partial charge in [-0.15, -0.1) is 0 Å². The molecule has 29 heteroatoms. The minimum Gasteiger partial charge on any atom is -0.790 e. The molecule has 6 rings (SSSR count). The average Bonchev–Trinajstić information content (AvgIpc) is 3.48. The second-order valence-corrected chi connectivity index (χ2v) is 17.6. The van der Waals surface area contributed by atoms with Crippen molar-refractivity contribution in [3.63, 3.8) is 0 Å². The molecule has 22 nitrogen and oxygen atoms in total. The molecule has 1 fully saturated rings. The second kappa shape index (κ2) is 26.6. The fourth-order valence-electron chi connectivity index (χ4n) is 6.71. The Morgan fingerprint density at radius 3 is 2.23 bits per heavy atom. The maximum atomic E-state index is 13.0. The zero-order valence-electron chi connectivity index (χ0n) is 35.8. The number of rotatable bonds is 19. The number of aromatic nitrogens is 2. The van der Waals surface area contributed by atoms with Crippen LogP contribution in [0.4, 0.5) is 0 Å². The summed E-state index contributed by atoms with van der Waals surface area (Å²) in [7, 11) is -18.5. The van der Waals surface area contributed by atoms with E-state index in [0.717, 1.165) is 16.8 Å². The summed E-state index contributed by atoms with van der Waals surface area (Å²) in [5.41, 5.74) is 0.698. The Balaban J connectivity index is 0.00000363. The van der Waals surface area contributed by atoms with Gasteiger partial charge in [-0.05, 0) is 49.9 Å². The molecule has 1 aromatic heterocycles. The maximum Gasteiger partial charge on any atom is 1.00 e. The van der Waals surface area contributed by atoms with Gasteiger partial charge in [-0.3, -0.25) is 27.8 Å². The summed E-state index contributed by atoms with van der Waals surface area (Å²) in [5, 5.41) is 21.3. The number of nitrogens with one attached hydrogen (secondary N) is 1. The molecule has 3 unspecified atom stereocenters. The molecular weight excluding hydrogens is 965 g/mol. The average molecular weight is 1000 g/mol. The normalized spacial score (nSPS) is 20.3. The molecule has 7 atom stereocenters. The molecular formula is C36H37N2Na4O20P3. The Morgan fingerprint density at radius 2 is 1.54 bits per heavy atom. The number of nitrogens with zero attached hydrogens (tertiary/aromatic N) is 1. The van der Waals surface area contributed by atoms with Gasteiger partial charge in [0.05, 0.1) is 33.2 Å². The number of phosphoric ester groups is 1. The number of phosphoric acid groups is 3. The van der Waals surface area contributed by atoms with Crippen molar-refractivity contribution in [1.82, 2.24) is 9.55 Å². The molecule has 0 radical (unpaired) electrons. The minimum absolute atomic E-state index is 0. The van der Waals surface area contributed by atoms with Crippen molar-refractivity contribution in [2.75, 3.05) is 26.4 Å². The second-order valence-electron chi connectivity index (χ2n) is 13.4. The topological polar surface area (TPSA) is 330 Å². The number of aromatic amines is 1. The summed E-state index contributed by atoms with van der Waals surface area (Å²) in [6.45, 7) is 0.887. The Kier molecular flexibility index (Phi) is 24.8. The standard InChI is InChI=1S/C36H41N2O20P3.4Na/c1-2-51-35(42)23-10-5-4-9-22(23)30-24-14-13-21(39)19-27(24)55-32-25(30)11-8-12-26(32)52-17-6-3-7-18-53-33-31(41)28(56-34(33)38-16-15-29(40)37-36(38)43)20-54-60(47,48)58-61(49,50)57-59(44,45)46;;;;/h4-5,8-16,19,28,30-31,33-34,39,41H,2-3,6-7,17-18,20H2,1H3,(H,47,48)(H,49,50)(H,37,40,43)(H2,44,45,46);;;;/q;4*+1/p-4/t28-,30?,31-,33-,34-;;;;/m1..../s1. The van der Waals surface area contributed by atoms with Gasteiger partial charge in [0.1, 0.15) is 29.8 Å². The number of benzene rings is 3. The van der Waals surface area contributed by atoms with Crippen molar-refractivity contribution in [3.05, 3.63) is 116 Å². The first kappa shape index (κ1) is 60.6. The molecule has 2 aliphatic heterocycles. The minimum atomic E-state index is -6.26. The van der Waals surface area contributed by atoms with Crippen LogP contribution in [0.25, 0.3) is 0 Å². The number of phenols is 1. The number of esters is 1. The van der Waals surface area contributed by atoms with Crippen molar-refractivity contribution in [2.24, 2.45) is 0 Å². The molecule has 2 aliphatic rings. The maximum absolute atomic E-state index is 13.0. The van der Waals surface area contributed by atoms with E-state index in [-0.39, 0.29) is 144 Å². The number of hydrogen-bond acceptors (Lipinski definition) is 20. The van der Waals surface area contributed by atoms with E-state index < -0.39 is 77.8 Å². The third kappa shape index (κ3) is 16.3. The van der Waals surface area contributed by atoms with Crippen LogP contribution in [-0.2, 0) is 41.1 Å². The van der Waals surface area contributed by atoms with Crippen LogP contribution in [0.15, 0.2) is 82.5 Å². The van der Waals surface area contributed by atoms with Crippen LogP contribution in [0, 0.1) is 0 Å². The summed E-state index contributed by atoms with van der Waals surface area (Å²) in [6, 6.07) is 18.1. The van der Waals surface area contributed by atoms with E-state index in [9.17, 15) is 57.9 Å². The van der Waals surface area contributed by atoms with Gasteiger partial charge in [0.2, 0.25) is 0 Å². The molecule has 0 saturated carbocycles. The molecule has 3 heterocycles. The summed E-state index contributed by atoms with van der Waals surface area (Å²) in [5.74, 6) is 0.138. The van der Waals surface area contributed by atoms with Crippen LogP contribution in [0.3, 0.4) is 0 Å². The molecule has 330 valence electrons. The number of fused-ring (bicyclic) bond motifs is 2. The molecule has 0 spiro atoms. The zero-order valence-corrected chi connectivity index (χ0v) is 46.5. The molecule has 0 bridgehead atoms. The summed E-state index contributed by atoms with van der Waals surface area (Å²) in [4.78, 5) is 84.2. The molecule has 65 heavy (non-hydrogen) atoms. The number of aliphatic hydroxyl groups is 1. The Hall–Kier alpha value is -0.500. The van der Waals surface area contributed by atoms with Gasteiger partial charge in [-0.2, -0.15) is 0 Å². The van der Waals surface area contributed by atoms with Crippen LogP contribution in [0.5, 0.6) is 23.0 Å². The molecule has 1 saturated heterocycles. The third-order valence-electron chi connectivity index (χ3n) is 9.20. The number of H-pyrrole nitrogens is 1. The van der Waals surface area contributed by atoms with Crippen molar-refractivity contribution in [2.45, 2.75) is 56.6 Å². The number of carbonyl (C=O) groups excluding carboxylic acids is 1. The van der Waals surface area contributed by atoms with E-state index in [1.54, 1.807) is 37.3 Å². The molecule has 3 aromatic carbocycles. The number of carbonyl (C=O) groups is 1. The summed E-state index contributed by atoms with van der Waals surface area (Å²) >= 11 is 0. The van der Waals surface area contributed by atoms with Crippen LogP contribution in [-0.4, -0.2) is 70.5 Å². The number of hydrogen-bond donors (Lipinski definition) is 3. The number of para-hydroxylation sites is 1. The Bertz CT molecular complexity index is 2510. The van der Waals surface area contributed by atoms with Crippen LogP contribution >= 0.6 is 23.5 Å².